The molecule has 186 valence electrons. The molecule has 0 aliphatic carbocycles. The first-order chi connectivity index (χ1) is 17.0. The summed E-state index contributed by atoms with van der Waals surface area (Å²) in [6.07, 6.45) is 6.64. The van der Waals surface area contributed by atoms with Crippen LogP contribution < -0.4 is 16.2 Å². The van der Waals surface area contributed by atoms with E-state index in [1.807, 2.05) is 0 Å². The fraction of sp³-hybridized carbons (Fsp3) is 0.308. The molecule has 9 heteroatoms. The van der Waals surface area contributed by atoms with Crippen LogP contribution in [0.2, 0.25) is 0 Å². The third kappa shape index (κ3) is 8.08. The molecule has 1 fully saturated rings. The van der Waals surface area contributed by atoms with Gasteiger partial charge in [0.15, 0.2) is 0 Å². The molecule has 1 aliphatic rings. The first kappa shape index (κ1) is 27.3. The first-order valence-electron chi connectivity index (χ1n) is 11.4. The van der Waals surface area contributed by atoms with Crippen LogP contribution >= 0.6 is 0 Å². The number of piperidine rings is 1. The van der Waals surface area contributed by atoms with Crippen LogP contribution in [0.4, 0.5) is 5.69 Å². The molecular formula is C26H32N4O5. The van der Waals surface area contributed by atoms with E-state index >= 15 is 0 Å². The van der Waals surface area contributed by atoms with Crippen molar-refractivity contribution in [3.8, 4) is 5.75 Å². The van der Waals surface area contributed by atoms with Gasteiger partial charge in [0.2, 0.25) is 5.91 Å². The predicted octanol–water partition coefficient (Wildman–Crippen LogP) is 3.06. The van der Waals surface area contributed by atoms with Gasteiger partial charge in [0.25, 0.3) is 0 Å². The zero-order valence-corrected chi connectivity index (χ0v) is 20.1. The van der Waals surface area contributed by atoms with Crippen molar-refractivity contribution in [3.05, 3.63) is 65.7 Å². The lowest BCUT2D eigenvalue weighted by Crippen LogP contribution is -2.48. The molecule has 2 aromatic carbocycles. The molecule has 0 bridgehead atoms. The van der Waals surface area contributed by atoms with E-state index < -0.39 is 12.0 Å². The number of hydrogen-bond acceptors (Lipinski definition) is 7. The molecule has 35 heavy (non-hydrogen) atoms. The van der Waals surface area contributed by atoms with Crippen LogP contribution in [0.15, 0.2) is 59.6 Å². The SMILES string of the molecule is CCOC(=O)C1CCCCN1C(=O)/C=C/c1ccc(C(=O)Oc2ccc(N=CN)cc2)cc1.CN. The third-order valence-corrected chi connectivity index (χ3v) is 5.18. The molecular weight excluding hydrogens is 448 g/mol. The Labute approximate surface area is 205 Å². The maximum atomic E-state index is 12.7. The van der Waals surface area contributed by atoms with E-state index in [0.29, 0.717) is 30.0 Å². The normalized spacial score (nSPS) is 15.4. The lowest BCUT2D eigenvalue weighted by Gasteiger charge is -2.33. The van der Waals surface area contributed by atoms with Gasteiger partial charge in [-0.1, -0.05) is 12.1 Å². The van der Waals surface area contributed by atoms with Crippen molar-refractivity contribution in [3.63, 3.8) is 0 Å². The molecule has 1 amide bonds. The Morgan fingerprint density at radius 3 is 2.37 bits per heavy atom. The quantitative estimate of drug-likeness (QED) is 0.204. The number of carbonyl (C=O) groups is 3. The second kappa shape index (κ2) is 14.3. The Bertz CT molecular complexity index is 1030. The summed E-state index contributed by atoms with van der Waals surface area (Å²) in [6.45, 7) is 2.56. The monoisotopic (exact) mass is 480 g/mol. The van der Waals surface area contributed by atoms with Crippen LogP contribution in [0.1, 0.15) is 42.1 Å². The van der Waals surface area contributed by atoms with Crippen LogP contribution in [-0.2, 0) is 14.3 Å². The van der Waals surface area contributed by atoms with Gasteiger partial charge in [-0.2, -0.15) is 0 Å². The topological polar surface area (TPSA) is 137 Å². The van der Waals surface area contributed by atoms with Gasteiger partial charge < -0.3 is 25.8 Å². The van der Waals surface area contributed by atoms with Gasteiger partial charge in [0, 0.05) is 12.6 Å². The molecule has 1 aliphatic heterocycles. The van der Waals surface area contributed by atoms with Gasteiger partial charge in [0.1, 0.15) is 11.8 Å². The smallest absolute Gasteiger partial charge is 0.343 e. The fourth-order valence-corrected chi connectivity index (χ4v) is 3.52. The summed E-state index contributed by atoms with van der Waals surface area (Å²) in [5.41, 5.74) is 11.5. The minimum absolute atomic E-state index is 0.237. The molecule has 4 N–H and O–H groups in total. The number of ether oxygens (including phenoxy) is 2. The molecule has 1 saturated heterocycles. The number of amides is 1. The van der Waals surface area contributed by atoms with Crippen LogP contribution in [0.3, 0.4) is 0 Å². The predicted molar refractivity (Wildman–Crippen MR) is 135 cm³/mol. The van der Waals surface area contributed by atoms with Crippen molar-refractivity contribution in [1.29, 1.82) is 0 Å². The average Bonchev–Trinajstić information content (AvgIpc) is 2.90. The highest BCUT2D eigenvalue weighted by Gasteiger charge is 2.32. The molecule has 9 nitrogen and oxygen atoms in total. The summed E-state index contributed by atoms with van der Waals surface area (Å²) < 4.78 is 10.5. The van der Waals surface area contributed by atoms with Gasteiger partial charge in [-0.3, -0.25) is 4.79 Å². The summed E-state index contributed by atoms with van der Waals surface area (Å²) in [6, 6.07) is 12.8. The second-order valence-corrected chi connectivity index (χ2v) is 7.41. The van der Waals surface area contributed by atoms with E-state index in [9.17, 15) is 14.4 Å². The van der Waals surface area contributed by atoms with Gasteiger partial charge in [-0.15, -0.1) is 0 Å². The Balaban J connectivity index is 0.00000210. The molecule has 0 aromatic heterocycles. The second-order valence-electron chi connectivity index (χ2n) is 7.41. The first-order valence-corrected chi connectivity index (χ1v) is 11.4. The Kier molecular flexibility index (Phi) is 11.2. The Morgan fingerprint density at radius 2 is 1.74 bits per heavy atom. The number of esters is 2. The van der Waals surface area contributed by atoms with Gasteiger partial charge >= 0.3 is 11.9 Å². The average molecular weight is 481 g/mol. The maximum absolute atomic E-state index is 12.7. The summed E-state index contributed by atoms with van der Waals surface area (Å²) in [5, 5.41) is 0. The van der Waals surface area contributed by atoms with Crippen LogP contribution in [-0.4, -0.2) is 55.3 Å². The summed E-state index contributed by atoms with van der Waals surface area (Å²) in [4.78, 5) is 42.7. The minimum Gasteiger partial charge on any atom is -0.464 e. The minimum atomic E-state index is -0.538. The highest BCUT2D eigenvalue weighted by molar-refractivity contribution is 5.95. The fourth-order valence-electron chi connectivity index (χ4n) is 3.52. The zero-order chi connectivity index (χ0) is 25.6. The van der Waals surface area contributed by atoms with Crippen LogP contribution in [0.25, 0.3) is 6.08 Å². The molecule has 1 heterocycles. The van der Waals surface area contributed by atoms with Crippen molar-refractivity contribution in [2.24, 2.45) is 16.5 Å². The summed E-state index contributed by atoms with van der Waals surface area (Å²) in [7, 11) is 1.50. The highest BCUT2D eigenvalue weighted by Crippen LogP contribution is 2.20. The van der Waals surface area contributed by atoms with Gasteiger partial charge in [-0.25, -0.2) is 14.6 Å². The van der Waals surface area contributed by atoms with Crippen LogP contribution in [0, 0.1) is 0 Å². The molecule has 1 atom stereocenters. The number of nitrogens with two attached hydrogens (primary N) is 2. The summed E-state index contributed by atoms with van der Waals surface area (Å²) in [5.74, 6) is -0.701. The molecule has 3 rings (SSSR count). The highest BCUT2D eigenvalue weighted by atomic mass is 16.5. The standard InChI is InChI=1S/C25H27N3O5.CH5N/c1-2-32-25(31)22-5-3-4-16-28(22)23(29)15-8-18-6-9-19(10-7-18)24(30)33-21-13-11-20(12-14-21)27-17-26;1-2/h6-15,17,22H,2-5,16H2,1H3,(H2,26,27);2H2,1H3/b15-8+;. The number of nitrogens with zero attached hydrogens (tertiary/aromatic N) is 2. The van der Waals surface area contributed by atoms with E-state index in [0.717, 1.165) is 18.4 Å². The zero-order valence-electron chi connectivity index (χ0n) is 20.1. The van der Waals surface area contributed by atoms with Crippen LogP contribution in [0.5, 0.6) is 5.75 Å². The number of benzene rings is 2. The van der Waals surface area contributed by atoms with E-state index in [4.69, 9.17) is 15.2 Å². The lowest BCUT2D eigenvalue weighted by atomic mass is 10.0. The van der Waals surface area contributed by atoms with Crippen molar-refractivity contribution < 1.29 is 23.9 Å². The number of hydrogen-bond donors (Lipinski definition) is 2. The van der Waals surface area contributed by atoms with E-state index in [1.165, 1.54) is 19.5 Å². The van der Waals surface area contributed by atoms with Crippen molar-refractivity contribution in [2.75, 3.05) is 20.2 Å². The van der Waals surface area contributed by atoms with Gasteiger partial charge in [-0.05, 0) is 81.3 Å². The van der Waals surface area contributed by atoms with Crippen molar-refractivity contribution in [2.45, 2.75) is 32.2 Å². The third-order valence-electron chi connectivity index (χ3n) is 5.18. The number of aliphatic imine (C=N–C) groups is 1. The molecule has 0 spiro atoms. The number of carbonyl (C=O) groups excluding carboxylic acids is 3. The van der Waals surface area contributed by atoms with E-state index in [1.54, 1.807) is 66.4 Å². The lowest BCUT2D eigenvalue weighted by molar-refractivity contribution is -0.155. The Morgan fingerprint density at radius 1 is 1.06 bits per heavy atom. The maximum Gasteiger partial charge on any atom is 0.343 e. The van der Waals surface area contributed by atoms with E-state index in [-0.39, 0.29) is 18.5 Å². The van der Waals surface area contributed by atoms with E-state index in [2.05, 4.69) is 10.7 Å². The van der Waals surface area contributed by atoms with Crippen molar-refractivity contribution >= 4 is 35.9 Å². The number of rotatable bonds is 7. The summed E-state index contributed by atoms with van der Waals surface area (Å²) >= 11 is 0. The largest absolute Gasteiger partial charge is 0.464 e. The molecule has 1 unspecified atom stereocenters. The Hall–Kier alpha value is -3.98. The molecule has 2 aromatic rings. The number of likely N-dealkylation sites (tertiary alicyclic amines) is 1. The molecule has 0 radical (unpaired) electrons. The molecule has 0 saturated carbocycles. The van der Waals surface area contributed by atoms with Crippen molar-refractivity contribution in [1.82, 2.24) is 4.90 Å². The van der Waals surface area contributed by atoms with Gasteiger partial charge in [0.05, 0.1) is 24.2 Å².